The molecule has 0 bridgehead atoms. The standard InChI is InChI=1S/C22H24F2N6O/c1-4-30(5-2)21-13-20(25-14(3)26-21)27-15-6-8-16(9-7-15)28-22(31)29-17-10-11-18(23)19(24)12-17/h6-13H,4-5H2,1-3H3,(H,25,26,27)(H2,28,29,31). The van der Waals surface area contributed by atoms with E-state index in [1.165, 1.54) is 6.07 Å². The van der Waals surface area contributed by atoms with Crippen LogP contribution in [0, 0.1) is 18.6 Å². The number of hydrogen-bond acceptors (Lipinski definition) is 5. The number of aryl methyl sites for hydroxylation is 1. The summed E-state index contributed by atoms with van der Waals surface area (Å²) in [5.41, 5.74) is 1.47. The Morgan fingerprint density at radius 1 is 0.871 bits per heavy atom. The zero-order valence-electron chi connectivity index (χ0n) is 17.5. The third kappa shape index (κ3) is 5.88. The molecule has 0 aliphatic heterocycles. The zero-order valence-corrected chi connectivity index (χ0v) is 17.5. The number of benzene rings is 2. The highest BCUT2D eigenvalue weighted by molar-refractivity contribution is 5.99. The van der Waals surface area contributed by atoms with Gasteiger partial charge in [-0.25, -0.2) is 23.5 Å². The van der Waals surface area contributed by atoms with Crippen LogP contribution in [0.3, 0.4) is 0 Å². The van der Waals surface area contributed by atoms with Gasteiger partial charge in [0.2, 0.25) is 0 Å². The van der Waals surface area contributed by atoms with Crippen LogP contribution >= 0.6 is 0 Å². The molecule has 3 aromatic rings. The van der Waals surface area contributed by atoms with Gasteiger partial charge in [0.1, 0.15) is 17.5 Å². The van der Waals surface area contributed by atoms with Gasteiger partial charge in [-0.2, -0.15) is 0 Å². The molecule has 162 valence electrons. The molecule has 3 N–H and O–H groups in total. The molecule has 31 heavy (non-hydrogen) atoms. The normalized spacial score (nSPS) is 10.5. The Bertz CT molecular complexity index is 1050. The fourth-order valence-corrected chi connectivity index (χ4v) is 2.98. The molecule has 0 radical (unpaired) electrons. The maximum Gasteiger partial charge on any atom is 0.323 e. The highest BCUT2D eigenvalue weighted by Gasteiger charge is 2.09. The Hall–Kier alpha value is -3.75. The van der Waals surface area contributed by atoms with Crippen molar-refractivity contribution in [2.75, 3.05) is 33.9 Å². The lowest BCUT2D eigenvalue weighted by atomic mass is 10.2. The summed E-state index contributed by atoms with van der Waals surface area (Å²) in [6.45, 7) is 7.68. The molecule has 0 aliphatic rings. The van der Waals surface area contributed by atoms with Crippen LogP contribution in [-0.2, 0) is 0 Å². The summed E-state index contributed by atoms with van der Waals surface area (Å²) in [5.74, 6) is 0.187. The number of amides is 2. The van der Waals surface area contributed by atoms with Crippen molar-refractivity contribution in [3.05, 3.63) is 66.0 Å². The van der Waals surface area contributed by atoms with Crippen molar-refractivity contribution in [1.82, 2.24) is 9.97 Å². The molecule has 0 aliphatic carbocycles. The quantitative estimate of drug-likeness (QED) is 0.478. The number of carbonyl (C=O) groups excluding carboxylic acids is 1. The summed E-state index contributed by atoms with van der Waals surface area (Å²) >= 11 is 0. The second kappa shape index (κ2) is 9.84. The summed E-state index contributed by atoms with van der Waals surface area (Å²) in [5, 5.41) is 8.33. The molecular formula is C22H24F2N6O. The molecule has 3 rings (SSSR count). The van der Waals surface area contributed by atoms with Crippen LogP contribution in [0.4, 0.5) is 42.3 Å². The summed E-state index contributed by atoms with van der Waals surface area (Å²) in [6, 6.07) is 11.5. The lowest BCUT2D eigenvalue weighted by molar-refractivity contribution is 0.262. The summed E-state index contributed by atoms with van der Waals surface area (Å²) < 4.78 is 26.2. The fourth-order valence-electron chi connectivity index (χ4n) is 2.98. The van der Waals surface area contributed by atoms with Gasteiger partial charge in [0.25, 0.3) is 0 Å². The second-order valence-corrected chi connectivity index (χ2v) is 6.74. The number of anilines is 5. The van der Waals surface area contributed by atoms with E-state index in [1.54, 1.807) is 24.3 Å². The Kier molecular flexibility index (Phi) is 6.96. The average Bonchev–Trinajstić information content (AvgIpc) is 2.73. The predicted molar refractivity (Wildman–Crippen MR) is 119 cm³/mol. The monoisotopic (exact) mass is 426 g/mol. The van der Waals surface area contributed by atoms with Crippen molar-refractivity contribution in [1.29, 1.82) is 0 Å². The maximum atomic E-state index is 13.2. The lowest BCUT2D eigenvalue weighted by Crippen LogP contribution is -2.23. The van der Waals surface area contributed by atoms with Crippen LogP contribution in [0.5, 0.6) is 0 Å². The summed E-state index contributed by atoms with van der Waals surface area (Å²) in [4.78, 5) is 23.1. The van der Waals surface area contributed by atoms with Crippen molar-refractivity contribution in [3.8, 4) is 0 Å². The number of halogens is 2. The van der Waals surface area contributed by atoms with Crippen molar-refractivity contribution in [3.63, 3.8) is 0 Å². The van der Waals surface area contributed by atoms with E-state index in [-0.39, 0.29) is 5.69 Å². The first-order chi connectivity index (χ1) is 14.9. The molecule has 1 heterocycles. The number of carbonyl (C=O) groups is 1. The highest BCUT2D eigenvalue weighted by Crippen LogP contribution is 2.21. The average molecular weight is 426 g/mol. The second-order valence-electron chi connectivity index (χ2n) is 6.74. The Labute approximate surface area is 179 Å². The Balaban J connectivity index is 1.63. The summed E-state index contributed by atoms with van der Waals surface area (Å²) in [7, 11) is 0. The van der Waals surface area contributed by atoms with Gasteiger partial charge in [0, 0.05) is 42.3 Å². The molecular weight excluding hydrogens is 402 g/mol. The number of hydrogen-bond donors (Lipinski definition) is 3. The smallest absolute Gasteiger partial charge is 0.323 e. The van der Waals surface area contributed by atoms with E-state index in [4.69, 9.17) is 0 Å². The van der Waals surface area contributed by atoms with E-state index in [0.29, 0.717) is 17.3 Å². The van der Waals surface area contributed by atoms with Crippen LogP contribution in [0.2, 0.25) is 0 Å². The Morgan fingerprint density at radius 3 is 2.13 bits per heavy atom. The molecule has 1 aromatic heterocycles. The summed E-state index contributed by atoms with van der Waals surface area (Å²) in [6.07, 6.45) is 0. The first kappa shape index (κ1) is 21.9. The van der Waals surface area contributed by atoms with Crippen molar-refractivity contribution in [2.24, 2.45) is 0 Å². The molecule has 7 nitrogen and oxygen atoms in total. The number of urea groups is 1. The number of rotatable bonds is 7. The van der Waals surface area contributed by atoms with E-state index >= 15 is 0 Å². The van der Waals surface area contributed by atoms with Gasteiger partial charge in [-0.3, -0.25) is 0 Å². The van der Waals surface area contributed by atoms with Crippen LogP contribution in [0.15, 0.2) is 48.5 Å². The van der Waals surface area contributed by atoms with Gasteiger partial charge in [-0.05, 0) is 57.2 Å². The van der Waals surface area contributed by atoms with Crippen LogP contribution < -0.4 is 20.9 Å². The fraction of sp³-hybridized carbons (Fsp3) is 0.227. The maximum absolute atomic E-state index is 13.2. The molecule has 0 atom stereocenters. The molecule has 2 aromatic carbocycles. The van der Waals surface area contributed by atoms with Gasteiger partial charge < -0.3 is 20.9 Å². The topological polar surface area (TPSA) is 82.2 Å². The van der Waals surface area contributed by atoms with Crippen LogP contribution in [0.1, 0.15) is 19.7 Å². The molecule has 0 saturated heterocycles. The van der Waals surface area contributed by atoms with Gasteiger partial charge >= 0.3 is 6.03 Å². The van der Waals surface area contributed by atoms with Crippen molar-refractivity contribution in [2.45, 2.75) is 20.8 Å². The number of aromatic nitrogens is 2. The van der Waals surface area contributed by atoms with E-state index in [1.807, 2.05) is 13.0 Å². The largest absolute Gasteiger partial charge is 0.357 e. The van der Waals surface area contributed by atoms with Crippen molar-refractivity contribution >= 4 is 34.7 Å². The van der Waals surface area contributed by atoms with Gasteiger partial charge in [-0.1, -0.05) is 0 Å². The lowest BCUT2D eigenvalue weighted by Gasteiger charge is -2.20. The molecule has 0 fully saturated rings. The predicted octanol–water partition coefficient (Wildman–Crippen LogP) is 5.30. The third-order valence-corrected chi connectivity index (χ3v) is 4.50. The molecule has 2 amide bonds. The number of nitrogens with zero attached hydrogens (tertiary/aromatic N) is 3. The van der Waals surface area contributed by atoms with Gasteiger partial charge in [-0.15, -0.1) is 0 Å². The van der Waals surface area contributed by atoms with Gasteiger partial charge in [0.15, 0.2) is 11.6 Å². The minimum absolute atomic E-state index is 0.151. The molecule has 0 unspecified atom stereocenters. The molecule has 9 heteroatoms. The first-order valence-corrected chi connectivity index (χ1v) is 9.88. The Morgan fingerprint density at radius 2 is 1.48 bits per heavy atom. The van der Waals surface area contributed by atoms with E-state index in [9.17, 15) is 13.6 Å². The van der Waals surface area contributed by atoms with E-state index in [2.05, 4.69) is 44.7 Å². The first-order valence-electron chi connectivity index (χ1n) is 9.88. The molecule has 0 spiro atoms. The minimum atomic E-state index is -1.03. The highest BCUT2D eigenvalue weighted by atomic mass is 19.2. The van der Waals surface area contributed by atoms with Crippen LogP contribution in [0.25, 0.3) is 0 Å². The van der Waals surface area contributed by atoms with Crippen LogP contribution in [-0.4, -0.2) is 29.1 Å². The van der Waals surface area contributed by atoms with Crippen molar-refractivity contribution < 1.29 is 13.6 Å². The van der Waals surface area contributed by atoms with Gasteiger partial charge in [0.05, 0.1) is 0 Å². The minimum Gasteiger partial charge on any atom is -0.357 e. The number of nitrogens with one attached hydrogen (secondary N) is 3. The molecule has 0 saturated carbocycles. The SMILES string of the molecule is CCN(CC)c1cc(Nc2ccc(NC(=O)Nc3ccc(F)c(F)c3)cc2)nc(C)n1. The zero-order chi connectivity index (χ0) is 22.4. The van der Waals surface area contributed by atoms with E-state index < -0.39 is 17.7 Å². The third-order valence-electron chi connectivity index (χ3n) is 4.50. The van der Waals surface area contributed by atoms with E-state index in [0.717, 1.165) is 36.7 Å².